The van der Waals surface area contributed by atoms with Crippen LogP contribution < -0.4 is 9.80 Å². The summed E-state index contributed by atoms with van der Waals surface area (Å²) in [5.41, 5.74) is 1.12. The molecule has 0 saturated heterocycles. The number of rotatable bonds is 4. The van der Waals surface area contributed by atoms with Gasteiger partial charge >= 0.3 is 6.03 Å². The Hall–Kier alpha value is -4.48. The molecule has 12 heteroatoms. The number of azo groups is 1. The second-order valence-electron chi connectivity index (χ2n) is 6.78. The topological polar surface area (TPSA) is 139 Å². The van der Waals surface area contributed by atoms with Crippen molar-refractivity contribution >= 4 is 40.6 Å². The first-order valence-corrected chi connectivity index (χ1v) is 9.05. The summed E-state index contributed by atoms with van der Waals surface area (Å²) in [6.45, 7) is 1.62. The number of amides is 2. The van der Waals surface area contributed by atoms with Gasteiger partial charge in [0.1, 0.15) is 0 Å². The third-order valence-electron chi connectivity index (χ3n) is 4.78. The number of nitro benzene ring substituents is 1. The fourth-order valence-electron chi connectivity index (χ4n) is 3.13. The van der Waals surface area contributed by atoms with Gasteiger partial charge in [-0.15, -0.1) is 10.2 Å². The van der Waals surface area contributed by atoms with Crippen molar-refractivity contribution in [3.63, 3.8) is 0 Å². The number of aromatic nitrogens is 3. The van der Waals surface area contributed by atoms with Gasteiger partial charge in [0.15, 0.2) is 17.3 Å². The third-order valence-corrected chi connectivity index (χ3v) is 4.78. The van der Waals surface area contributed by atoms with E-state index in [0.717, 1.165) is 4.68 Å². The lowest BCUT2D eigenvalue weighted by atomic mass is 10.2. The minimum Gasteiger partial charge on any atom is -0.279 e. The van der Waals surface area contributed by atoms with Crippen molar-refractivity contribution in [2.45, 2.75) is 6.92 Å². The Bertz CT molecular complexity index is 1250. The van der Waals surface area contributed by atoms with Crippen molar-refractivity contribution in [3.05, 3.63) is 64.0 Å². The molecule has 0 N–H and O–H groups in total. The average molecular weight is 420 g/mol. The Balaban J connectivity index is 1.81. The second-order valence-corrected chi connectivity index (χ2v) is 6.78. The first-order valence-electron chi connectivity index (χ1n) is 9.05. The molecule has 3 aromatic rings. The first kappa shape index (κ1) is 19.8. The maximum atomic E-state index is 13.0. The minimum atomic E-state index is -0.501. The van der Waals surface area contributed by atoms with Crippen LogP contribution in [0.25, 0.3) is 0 Å². The van der Waals surface area contributed by atoms with Gasteiger partial charge in [-0.1, -0.05) is 6.07 Å². The molecule has 31 heavy (non-hydrogen) atoms. The summed E-state index contributed by atoms with van der Waals surface area (Å²) in [5.74, 6) is -0.218. The molecule has 1 aliphatic rings. The highest BCUT2D eigenvalue weighted by molar-refractivity contribution is 6.13. The quantitative estimate of drug-likeness (QED) is 0.359. The van der Waals surface area contributed by atoms with E-state index < -0.39 is 16.9 Å². The Labute approximate surface area is 175 Å². The van der Waals surface area contributed by atoms with Crippen molar-refractivity contribution in [2.75, 3.05) is 23.9 Å². The van der Waals surface area contributed by atoms with Crippen molar-refractivity contribution in [1.29, 1.82) is 0 Å². The predicted molar refractivity (Wildman–Crippen MR) is 110 cm³/mol. The number of carbonyl (C=O) groups excluding carboxylic acids is 2. The number of aryl methyl sites for hydroxylation is 1. The molecule has 0 fully saturated rings. The Morgan fingerprint density at radius 1 is 1.16 bits per heavy atom. The van der Waals surface area contributed by atoms with Crippen LogP contribution in [0.2, 0.25) is 0 Å². The van der Waals surface area contributed by atoms with Gasteiger partial charge in [0, 0.05) is 38.1 Å². The maximum Gasteiger partial charge on any atom is 0.330 e. The van der Waals surface area contributed by atoms with Gasteiger partial charge in [0.05, 0.1) is 16.2 Å². The van der Waals surface area contributed by atoms with Crippen LogP contribution in [0.5, 0.6) is 0 Å². The van der Waals surface area contributed by atoms with E-state index in [-0.39, 0.29) is 34.3 Å². The summed E-state index contributed by atoms with van der Waals surface area (Å²) in [7, 11) is 2.99. The minimum absolute atomic E-state index is 0.0872. The van der Waals surface area contributed by atoms with Crippen molar-refractivity contribution in [3.8, 4) is 0 Å². The molecule has 2 amide bonds. The number of nitrogens with zero attached hydrogens (tertiary/aromatic N) is 8. The standard InChI is InChI=1S/C19H16N8O4/c1-11-6-7-13(9-14(11)27(30)31)21-22-15-16-23-26(17(15)25(3)19(29)24(16)2)18(28)12-5-4-8-20-10-12/h4-10H,1-3H3. The first-order chi connectivity index (χ1) is 14.8. The Morgan fingerprint density at radius 3 is 2.61 bits per heavy atom. The molecule has 2 bridgehead atoms. The van der Waals surface area contributed by atoms with Crippen LogP contribution >= 0.6 is 0 Å². The largest absolute Gasteiger partial charge is 0.330 e. The fourth-order valence-corrected chi connectivity index (χ4v) is 3.13. The highest BCUT2D eigenvalue weighted by Gasteiger charge is 2.37. The SMILES string of the molecule is Cc1ccc(N=Nc2c3nn(C(=O)c4cccnc4)c2N(C)C(=O)N3C)cc1[N+](=O)[O-]. The molecule has 1 aliphatic heterocycles. The van der Waals surface area contributed by atoms with Crippen LogP contribution in [0.15, 0.2) is 53.0 Å². The summed E-state index contributed by atoms with van der Waals surface area (Å²) in [5, 5.41) is 23.7. The molecule has 1 aromatic carbocycles. The molecule has 2 aromatic heterocycles. The van der Waals surface area contributed by atoms with Crippen LogP contribution in [0.3, 0.4) is 0 Å². The smallest absolute Gasteiger partial charge is 0.279 e. The molecule has 0 saturated carbocycles. The summed E-state index contributed by atoms with van der Waals surface area (Å²) in [4.78, 5) is 42.6. The molecule has 156 valence electrons. The van der Waals surface area contributed by atoms with Crippen molar-refractivity contribution < 1.29 is 14.5 Å². The van der Waals surface area contributed by atoms with Crippen LogP contribution in [0.4, 0.5) is 33.5 Å². The molecule has 3 heterocycles. The van der Waals surface area contributed by atoms with Crippen LogP contribution in [0.1, 0.15) is 15.9 Å². The lowest BCUT2D eigenvalue weighted by molar-refractivity contribution is -0.385. The lowest BCUT2D eigenvalue weighted by Gasteiger charge is -2.26. The number of hydrogen-bond acceptors (Lipinski definition) is 8. The number of carbonyl (C=O) groups is 2. The average Bonchev–Trinajstić information content (AvgIpc) is 3.11. The molecule has 0 spiro atoms. The highest BCUT2D eigenvalue weighted by Crippen LogP contribution is 2.43. The molecule has 4 rings (SSSR count). The molecule has 0 atom stereocenters. The number of pyridine rings is 1. The zero-order valence-corrected chi connectivity index (χ0v) is 16.8. The summed E-state index contributed by atoms with van der Waals surface area (Å²) in [6, 6.07) is 7.24. The van der Waals surface area contributed by atoms with E-state index in [1.54, 1.807) is 31.2 Å². The molecular weight excluding hydrogens is 404 g/mol. The Kier molecular flexibility index (Phi) is 4.73. The molecule has 12 nitrogen and oxygen atoms in total. The number of fused-ring (bicyclic) bond motifs is 2. The summed E-state index contributed by atoms with van der Waals surface area (Å²) >= 11 is 0. The highest BCUT2D eigenvalue weighted by atomic mass is 16.6. The zero-order valence-electron chi connectivity index (χ0n) is 16.8. The number of hydrogen-bond donors (Lipinski definition) is 0. The van der Waals surface area contributed by atoms with E-state index >= 15 is 0 Å². The second kappa shape index (κ2) is 7.40. The molecule has 0 unspecified atom stereocenters. The predicted octanol–water partition coefficient (Wildman–Crippen LogP) is 3.60. The van der Waals surface area contributed by atoms with Gasteiger partial charge in [-0.05, 0) is 25.1 Å². The third kappa shape index (κ3) is 3.29. The monoisotopic (exact) mass is 420 g/mol. The van der Waals surface area contributed by atoms with Crippen LogP contribution in [-0.4, -0.2) is 45.7 Å². The van der Waals surface area contributed by atoms with Crippen LogP contribution in [-0.2, 0) is 0 Å². The van der Waals surface area contributed by atoms with Gasteiger partial charge < -0.3 is 0 Å². The number of anilines is 2. The van der Waals surface area contributed by atoms with Gasteiger partial charge in [-0.3, -0.25) is 29.7 Å². The van der Waals surface area contributed by atoms with Gasteiger partial charge in [0.25, 0.3) is 11.6 Å². The van der Waals surface area contributed by atoms with Crippen LogP contribution in [0, 0.1) is 17.0 Å². The summed E-state index contributed by atoms with van der Waals surface area (Å²) < 4.78 is 1.07. The normalized spacial score (nSPS) is 13.2. The summed E-state index contributed by atoms with van der Waals surface area (Å²) in [6.07, 6.45) is 2.93. The van der Waals surface area contributed by atoms with Gasteiger partial charge in [0.2, 0.25) is 0 Å². The number of benzene rings is 1. The molecular formula is C19H16N8O4. The zero-order chi connectivity index (χ0) is 22.3. The molecule has 0 radical (unpaired) electrons. The molecule has 0 aliphatic carbocycles. The van der Waals surface area contributed by atoms with Gasteiger partial charge in [-0.2, -0.15) is 9.80 Å². The van der Waals surface area contributed by atoms with Crippen molar-refractivity contribution in [2.24, 2.45) is 10.2 Å². The van der Waals surface area contributed by atoms with E-state index in [2.05, 4.69) is 20.3 Å². The van der Waals surface area contributed by atoms with Crippen molar-refractivity contribution in [1.82, 2.24) is 14.8 Å². The lowest BCUT2D eigenvalue weighted by Crippen LogP contribution is -2.41. The number of urea groups is 1. The van der Waals surface area contributed by atoms with E-state index in [1.807, 2.05) is 0 Å². The van der Waals surface area contributed by atoms with E-state index in [0.29, 0.717) is 5.56 Å². The Morgan fingerprint density at radius 2 is 1.94 bits per heavy atom. The van der Waals surface area contributed by atoms with E-state index in [9.17, 15) is 19.7 Å². The van der Waals surface area contributed by atoms with E-state index in [4.69, 9.17) is 0 Å². The van der Waals surface area contributed by atoms with E-state index in [1.165, 1.54) is 42.4 Å². The number of nitro groups is 1. The maximum absolute atomic E-state index is 13.0. The fraction of sp³-hybridized carbons (Fsp3) is 0.158. The van der Waals surface area contributed by atoms with Gasteiger partial charge in [-0.25, -0.2) is 4.79 Å².